The number of para-hydroxylation sites is 3. The maximum absolute atomic E-state index is 6.68. The van der Waals surface area contributed by atoms with Crippen molar-refractivity contribution < 1.29 is 4.42 Å². The number of fused-ring (bicyclic) bond motifs is 7. The normalized spacial score (nSPS) is 13.0. The third kappa shape index (κ3) is 5.27. The average Bonchev–Trinajstić information content (AvgIpc) is 3.59. The highest BCUT2D eigenvalue weighted by molar-refractivity contribution is 6.93. The van der Waals surface area contributed by atoms with Crippen LogP contribution in [0.1, 0.15) is 50.7 Å². The first-order chi connectivity index (χ1) is 26.7. The number of nitrogens with zero attached hydrogens (tertiary/aromatic N) is 2. The average molecular weight is 699 g/mol. The van der Waals surface area contributed by atoms with Gasteiger partial charge in [-0.3, -0.25) is 0 Å². The van der Waals surface area contributed by atoms with Crippen LogP contribution in [0.3, 0.4) is 0 Å². The molecule has 0 saturated carbocycles. The zero-order valence-electron chi connectivity index (χ0n) is 31.1. The molecule has 7 aromatic carbocycles. The van der Waals surface area contributed by atoms with Gasteiger partial charge < -0.3 is 14.1 Å². The standard InChI is InChI=1S/C50H43BN2O/c1-3-5-17-34-27-28-44(40(29-34)36-19-9-7-10-20-36)52-46-33-49-41(39-24-14-16-26-48(39)54-49)32-43(46)51-50-42(30-35(18-6-4-2)31-47(50)52)38-23-13-15-25-45(38)53(51)37-21-11-8-12-22-37/h7-16,19-33H,3-6,17-18H2,1-2H3. The van der Waals surface area contributed by atoms with E-state index < -0.39 is 0 Å². The van der Waals surface area contributed by atoms with Crippen LogP contribution in [0.15, 0.2) is 156 Å². The molecule has 54 heavy (non-hydrogen) atoms. The van der Waals surface area contributed by atoms with Crippen molar-refractivity contribution in [2.24, 2.45) is 0 Å². The number of hydrogen-bond acceptors (Lipinski definition) is 3. The fourth-order valence-corrected chi connectivity index (χ4v) is 9.01. The highest BCUT2D eigenvalue weighted by Gasteiger charge is 2.45. The molecule has 0 bridgehead atoms. The minimum atomic E-state index is -0.0548. The third-order valence-electron chi connectivity index (χ3n) is 11.6. The number of anilines is 5. The van der Waals surface area contributed by atoms with Crippen LogP contribution in [-0.4, -0.2) is 6.85 Å². The van der Waals surface area contributed by atoms with Crippen LogP contribution in [0.2, 0.25) is 0 Å². The van der Waals surface area contributed by atoms with E-state index in [4.69, 9.17) is 4.42 Å². The second-order valence-electron chi connectivity index (χ2n) is 15.0. The molecule has 4 heteroatoms. The van der Waals surface area contributed by atoms with Gasteiger partial charge >= 0.3 is 6.85 Å². The Labute approximate surface area is 318 Å². The molecule has 262 valence electrons. The fraction of sp³-hybridized carbons (Fsp3) is 0.160. The maximum Gasteiger partial charge on any atom is 0.333 e. The summed E-state index contributed by atoms with van der Waals surface area (Å²) in [5.74, 6) is 0. The van der Waals surface area contributed by atoms with Gasteiger partial charge in [0, 0.05) is 50.7 Å². The number of rotatable bonds is 9. The summed E-state index contributed by atoms with van der Waals surface area (Å²) in [7, 11) is 0. The van der Waals surface area contributed by atoms with Crippen molar-refractivity contribution in [3.05, 3.63) is 163 Å². The lowest BCUT2D eigenvalue weighted by Gasteiger charge is -2.46. The van der Waals surface area contributed by atoms with Crippen molar-refractivity contribution in [3.63, 3.8) is 0 Å². The molecule has 0 atom stereocenters. The Morgan fingerprint density at radius 2 is 1.20 bits per heavy atom. The molecule has 3 heterocycles. The molecule has 2 aliphatic rings. The summed E-state index contributed by atoms with van der Waals surface area (Å²) in [5.41, 5.74) is 18.3. The van der Waals surface area contributed by atoms with Crippen molar-refractivity contribution in [3.8, 4) is 22.3 Å². The van der Waals surface area contributed by atoms with Crippen molar-refractivity contribution in [1.29, 1.82) is 0 Å². The van der Waals surface area contributed by atoms with Crippen LogP contribution < -0.4 is 20.6 Å². The van der Waals surface area contributed by atoms with E-state index in [-0.39, 0.29) is 6.85 Å². The van der Waals surface area contributed by atoms with Gasteiger partial charge in [-0.1, -0.05) is 130 Å². The molecule has 0 unspecified atom stereocenters. The highest BCUT2D eigenvalue weighted by atomic mass is 16.3. The summed E-state index contributed by atoms with van der Waals surface area (Å²) >= 11 is 0. The largest absolute Gasteiger partial charge is 0.456 e. The van der Waals surface area contributed by atoms with E-state index in [0.717, 1.165) is 53.3 Å². The molecule has 8 aromatic rings. The third-order valence-corrected chi connectivity index (χ3v) is 11.6. The fourth-order valence-electron chi connectivity index (χ4n) is 9.01. The van der Waals surface area contributed by atoms with Gasteiger partial charge in [-0.2, -0.15) is 0 Å². The van der Waals surface area contributed by atoms with E-state index in [1.165, 1.54) is 79.9 Å². The number of unbranched alkanes of at least 4 members (excludes halogenated alkanes) is 2. The van der Waals surface area contributed by atoms with Gasteiger partial charge in [0.2, 0.25) is 0 Å². The molecule has 0 aliphatic carbocycles. The Bertz CT molecular complexity index is 2660. The van der Waals surface area contributed by atoms with Crippen molar-refractivity contribution in [1.82, 2.24) is 0 Å². The molecule has 0 radical (unpaired) electrons. The zero-order valence-corrected chi connectivity index (χ0v) is 31.1. The van der Waals surface area contributed by atoms with Gasteiger partial charge in [-0.25, -0.2) is 0 Å². The first-order valence-corrected chi connectivity index (χ1v) is 19.8. The number of aryl methyl sites for hydroxylation is 2. The highest BCUT2D eigenvalue weighted by Crippen LogP contribution is 2.49. The minimum Gasteiger partial charge on any atom is -0.456 e. The summed E-state index contributed by atoms with van der Waals surface area (Å²) in [6, 6.07) is 56.4. The topological polar surface area (TPSA) is 19.6 Å². The van der Waals surface area contributed by atoms with Crippen LogP contribution in [-0.2, 0) is 12.8 Å². The van der Waals surface area contributed by atoms with E-state index in [9.17, 15) is 0 Å². The molecular formula is C50H43BN2O. The zero-order chi connectivity index (χ0) is 36.2. The van der Waals surface area contributed by atoms with Gasteiger partial charge in [0.1, 0.15) is 11.2 Å². The summed E-state index contributed by atoms with van der Waals surface area (Å²) in [6.07, 6.45) is 6.76. The Balaban J connectivity index is 1.34. The minimum absolute atomic E-state index is 0.0548. The van der Waals surface area contributed by atoms with Gasteiger partial charge in [-0.05, 0) is 101 Å². The van der Waals surface area contributed by atoms with E-state index in [2.05, 4.69) is 175 Å². The molecule has 0 amide bonds. The lowest BCUT2D eigenvalue weighted by Crippen LogP contribution is -2.61. The van der Waals surface area contributed by atoms with Crippen LogP contribution in [0, 0.1) is 0 Å². The van der Waals surface area contributed by atoms with E-state index in [1.807, 2.05) is 0 Å². The predicted molar refractivity (Wildman–Crippen MR) is 230 cm³/mol. The monoisotopic (exact) mass is 698 g/mol. The molecule has 3 nitrogen and oxygen atoms in total. The Morgan fingerprint density at radius 3 is 2.02 bits per heavy atom. The summed E-state index contributed by atoms with van der Waals surface area (Å²) in [5, 5.41) is 2.30. The number of benzene rings is 7. The first kappa shape index (κ1) is 32.6. The summed E-state index contributed by atoms with van der Waals surface area (Å²) in [6.45, 7) is 4.51. The molecule has 1 aromatic heterocycles. The molecule has 10 rings (SSSR count). The smallest absolute Gasteiger partial charge is 0.333 e. The van der Waals surface area contributed by atoms with Crippen molar-refractivity contribution in [2.75, 3.05) is 9.71 Å². The molecule has 2 aliphatic heterocycles. The number of furan rings is 1. The summed E-state index contributed by atoms with van der Waals surface area (Å²) in [4.78, 5) is 5.17. The molecule has 0 saturated heterocycles. The quantitative estimate of drug-likeness (QED) is 0.140. The number of hydrogen-bond donors (Lipinski definition) is 0. The first-order valence-electron chi connectivity index (χ1n) is 19.8. The SMILES string of the molecule is CCCCc1ccc(N2c3cc4oc5ccccc5c4cc3B3c4c(cc(CCCC)cc42)-c2ccccc2N3c2ccccc2)c(-c2ccccc2)c1. The molecule has 0 spiro atoms. The molecular weight excluding hydrogens is 655 g/mol. The Morgan fingerprint density at radius 1 is 0.500 bits per heavy atom. The second kappa shape index (κ2) is 13.4. The molecule has 0 fully saturated rings. The van der Waals surface area contributed by atoms with E-state index in [0.29, 0.717) is 0 Å². The predicted octanol–water partition coefficient (Wildman–Crippen LogP) is 12.6. The Hall–Kier alpha value is -6.00. The van der Waals surface area contributed by atoms with E-state index >= 15 is 0 Å². The van der Waals surface area contributed by atoms with E-state index in [1.54, 1.807) is 0 Å². The maximum atomic E-state index is 6.68. The van der Waals surface area contributed by atoms with Gasteiger partial charge in [0.15, 0.2) is 0 Å². The lowest BCUT2D eigenvalue weighted by molar-refractivity contribution is 0.669. The lowest BCUT2D eigenvalue weighted by atomic mass is 9.43. The van der Waals surface area contributed by atoms with Crippen LogP contribution >= 0.6 is 0 Å². The van der Waals surface area contributed by atoms with Crippen LogP contribution in [0.5, 0.6) is 0 Å². The van der Waals surface area contributed by atoms with Crippen molar-refractivity contribution in [2.45, 2.75) is 52.4 Å². The summed E-state index contributed by atoms with van der Waals surface area (Å²) < 4.78 is 6.68. The molecule has 0 N–H and O–H groups in total. The van der Waals surface area contributed by atoms with Gasteiger partial charge in [0.05, 0.1) is 5.69 Å². The second-order valence-corrected chi connectivity index (χ2v) is 15.0. The van der Waals surface area contributed by atoms with Crippen LogP contribution in [0.25, 0.3) is 44.2 Å². The van der Waals surface area contributed by atoms with Gasteiger partial charge in [0.25, 0.3) is 0 Å². The van der Waals surface area contributed by atoms with Crippen molar-refractivity contribution >= 4 is 68.1 Å². The van der Waals surface area contributed by atoms with Gasteiger partial charge in [-0.15, -0.1) is 0 Å². The Kier molecular flexibility index (Phi) is 8.13. The van der Waals surface area contributed by atoms with Crippen LogP contribution in [0.4, 0.5) is 28.4 Å².